The minimum absolute atomic E-state index is 0.608. The highest BCUT2D eigenvalue weighted by Gasteiger charge is 2.40. The fourth-order valence-corrected chi connectivity index (χ4v) is 2.59. The highest BCUT2D eigenvalue weighted by atomic mass is 16.5. The van der Waals surface area contributed by atoms with Gasteiger partial charge in [-0.05, 0) is 37.3 Å². The first-order valence-corrected chi connectivity index (χ1v) is 5.91. The van der Waals surface area contributed by atoms with Crippen LogP contribution < -0.4 is 4.74 Å². The van der Waals surface area contributed by atoms with E-state index in [2.05, 4.69) is 11.9 Å². The van der Waals surface area contributed by atoms with Crippen molar-refractivity contribution in [3.05, 3.63) is 24.0 Å². The largest absolute Gasteiger partial charge is 0.495 e. The molecule has 1 heterocycles. The van der Waals surface area contributed by atoms with Crippen molar-refractivity contribution in [1.82, 2.24) is 4.98 Å². The second-order valence-corrected chi connectivity index (χ2v) is 4.60. The van der Waals surface area contributed by atoms with Gasteiger partial charge in [-0.15, -0.1) is 0 Å². The molecule has 1 N–H and O–H groups in total. The van der Waals surface area contributed by atoms with Gasteiger partial charge in [-0.25, -0.2) is 0 Å². The molecule has 0 spiro atoms. The van der Waals surface area contributed by atoms with Gasteiger partial charge < -0.3 is 9.84 Å². The monoisotopic (exact) mass is 221 g/mol. The predicted octanol–water partition coefficient (Wildman–Crippen LogP) is 2.49. The van der Waals surface area contributed by atoms with Crippen LogP contribution >= 0.6 is 0 Å². The zero-order valence-electron chi connectivity index (χ0n) is 9.94. The number of aromatic nitrogens is 1. The van der Waals surface area contributed by atoms with Gasteiger partial charge in [0.15, 0.2) is 0 Å². The number of methoxy groups -OCH3 is 1. The second kappa shape index (κ2) is 4.42. The molecule has 0 bridgehead atoms. The molecule has 0 amide bonds. The number of hydrogen-bond donors (Lipinski definition) is 1. The van der Waals surface area contributed by atoms with Crippen LogP contribution in [0.25, 0.3) is 0 Å². The van der Waals surface area contributed by atoms with Crippen LogP contribution in [0.2, 0.25) is 0 Å². The first-order chi connectivity index (χ1) is 7.69. The highest BCUT2D eigenvalue weighted by molar-refractivity contribution is 5.32. The first-order valence-electron chi connectivity index (χ1n) is 5.91. The summed E-state index contributed by atoms with van der Waals surface area (Å²) in [6, 6.07) is 3.69. The van der Waals surface area contributed by atoms with Crippen LogP contribution in [-0.4, -0.2) is 17.2 Å². The summed E-state index contributed by atoms with van der Waals surface area (Å²) >= 11 is 0. The van der Waals surface area contributed by atoms with E-state index >= 15 is 0 Å². The molecule has 0 saturated heterocycles. The van der Waals surface area contributed by atoms with Crippen molar-refractivity contribution in [3.8, 4) is 5.75 Å². The van der Waals surface area contributed by atoms with Crippen LogP contribution in [0.15, 0.2) is 18.3 Å². The van der Waals surface area contributed by atoms with Crippen LogP contribution in [0.5, 0.6) is 5.75 Å². The SMILES string of the molecule is CCC1CCC(O)(c2ncccc2OC)C1. The van der Waals surface area contributed by atoms with Gasteiger partial charge in [0, 0.05) is 6.20 Å². The lowest BCUT2D eigenvalue weighted by Crippen LogP contribution is -2.24. The molecule has 0 aromatic carbocycles. The van der Waals surface area contributed by atoms with Crippen LogP contribution in [0.4, 0.5) is 0 Å². The molecule has 1 aromatic rings. The van der Waals surface area contributed by atoms with E-state index in [4.69, 9.17) is 4.74 Å². The molecule has 2 rings (SSSR count). The van der Waals surface area contributed by atoms with E-state index in [-0.39, 0.29) is 0 Å². The Bertz CT molecular complexity index is 367. The summed E-state index contributed by atoms with van der Waals surface area (Å²) in [7, 11) is 1.62. The molecule has 1 aliphatic rings. The van der Waals surface area contributed by atoms with E-state index < -0.39 is 5.60 Å². The van der Waals surface area contributed by atoms with Crippen LogP contribution in [0, 0.1) is 5.92 Å². The Hall–Kier alpha value is -1.09. The Kier molecular flexibility index (Phi) is 3.15. The van der Waals surface area contributed by atoms with Crippen molar-refractivity contribution in [2.45, 2.75) is 38.2 Å². The smallest absolute Gasteiger partial charge is 0.143 e. The van der Waals surface area contributed by atoms with Gasteiger partial charge in [0.2, 0.25) is 0 Å². The van der Waals surface area contributed by atoms with Gasteiger partial charge in [0.1, 0.15) is 17.0 Å². The lowest BCUT2D eigenvalue weighted by atomic mass is 9.94. The summed E-state index contributed by atoms with van der Waals surface area (Å²) in [6.07, 6.45) is 5.51. The molecule has 3 heteroatoms. The third kappa shape index (κ3) is 1.92. The van der Waals surface area contributed by atoms with Crippen molar-refractivity contribution in [2.24, 2.45) is 5.92 Å². The minimum atomic E-state index is -0.784. The lowest BCUT2D eigenvalue weighted by molar-refractivity contribution is 0.0327. The molecule has 3 nitrogen and oxygen atoms in total. The predicted molar refractivity (Wildman–Crippen MR) is 62.3 cm³/mol. The molecule has 1 fully saturated rings. The zero-order chi connectivity index (χ0) is 11.6. The third-order valence-corrected chi connectivity index (χ3v) is 3.60. The number of ether oxygens (including phenoxy) is 1. The molecule has 1 aromatic heterocycles. The van der Waals surface area contributed by atoms with Crippen LogP contribution in [0.1, 0.15) is 38.3 Å². The van der Waals surface area contributed by atoms with Gasteiger partial charge in [-0.3, -0.25) is 4.98 Å². The van der Waals surface area contributed by atoms with Crippen molar-refractivity contribution in [2.75, 3.05) is 7.11 Å². The molecule has 0 aliphatic heterocycles. The lowest BCUT2D eigenvalue weighted by Gasteiger charge is -2.23. The van der Waals surface area contributed by atoms with Crippen LogP contribution in [-0.2, 0) is 5.60 Å². The molecule has 2 atom stereocenters. The summed E-state index contributed by atoms with van der Waals surface area (Å²) in [5.74, 6) is 1.30. The quantitative estimate of drug-likeness (QED) is 0.852. The van der Waals surface area contributed by atoms with Crippen LogP contribution in [0.3, 0.4) is 0 Å². The molecule has 16 heavy (non-hydrogen) atoms. The molecule has 1 saturated carbocycles. The van der Waals surface area contributed by atoms with E-state index in [0.29, 0.717) is 17.4 Å². The average molecular weight is 221 g/mol. The number of rotatable bonds is 3. The minimum Gasteiger partial charge on any atom is -0.495 e. The fraction of sp³-hybridized carbons (Fsp3) is 0.615. The number of nitrogens with zero attached hydrogens (tertiary/aromatic N) is 1. The van der Waals surface area contributed by atoms with Gasteiger partial charge >= 0.3 is 0 Å². The Balaban J connectivity index is 2.29. The van der Waals surface area contributed by atoms with Crippen molar-refractivity contribution in [1.29, 1.82) is 0 Å². The maximum absolute atomic E-state index is 10.6. The molecular formula is C13H19NO2. The summed E-state index contributed by atoms with van der Waals surface area (Å²) in [4.78, 5) is 4.30. The maximum Gasteiger partial charge on any atom is 0.143 e. The standard InChI is InChI=1S/C13H19NO2/c1-3-10-6-7-13(15,9-10)12-11(16-2)5-4-8-14-12/h4-5,8,10,15H,3,6-7,9H2,1-2H3. The average Bonchev–Trinajstić information content (AvgIpc) is 2.72. The summed E-state index contributed by atoms with van der Waals surface area (Å²) in [5, 5.41) is 10.6. The number of aliphatic hydroxyl groups is 1. The Morgan fingerprint density at radius 1 is 1.62 bits per heavy atom. The Morgan fingerprint density at radius 2 is 2.44 bits per heavy atom. The Morgan fingerprint density at radius 3 is 3.06 bits per heavy atom. The van der Waals surface area contributed by atoms with Crippen molar-refractivity contribution >= 4 is 0 Å². The maximum atomic E-state index is 10.6. The molecular weight excluding hydrogens is 202 g/mol. The van der Waals surface area contributed by atoms with E-state index in [1.54, 1.807) is 13.3 Å². The fourth-order valence-electron chi connectivity index (χ4n) is 2.59. The van der Waals surface area contributed by atoms with E-state index in [0.717, 1.165) is 25.7 Å². The summed E-state index contributed by atoms with van der Waals surface area (Å²) in [6.45, 7) is 2.17. The molecule has 88 valence electrons. The Labute approximate surface area is 96.5 Å². The van der Waals surface area contributed by atoms with E-state index in [1.165, 1.54) is 0 Å². The number of hydrogen-bond acceptors (Lipinski definition) is 3. The normalized spacial score (nSPS) is 29.3. The van der Waals surface area contributed by atoms with Gasteiger partial charge in [-0.1, -0.05) is 13.3 Å². The topological polar surface area (TPSA) is 42.4 Å². The summed E-state index contributed by atoms with van der Waals surface area (Å²) in [5.41, 5.74) is -0.0822. The third-order valence-electron chi connectivity index (χ3n) is 3.60. The number of pyridine rings is 1. The molecule has 1 aliphatic carbocycles. The molecule has 0 radical (unpaired) electrons. The second-order valence-electron chi connectivity index (χ2n) is 4.60. The van der Waals surface area contributed by atoms with E-state index in [1.807, 2.05) is 12.1 Å². The highest BCUT2D eigenvalue weighted by Crippen LogP contribution is 2.45. The van der Waals surface area contributed by atoms with Gasteiger partial charge in [-0.2, -0.15) is 0 Å². The van der Waals surface area contributed by atoms with E-state index in [9.17, 15) is 5.11 Å². The van der Waals surface area contributed by atoms with Crippen molar-refractivity contribution < 1.29 is 9.84 Å². The van der Waals surface area contributed by atoms with Crippen molar-refractivity contribution in [3.63, 3.8) is 0 Å². The van der Waals surface area contributed by atoms with Gasteiger partial charge in [0.05, 0.1) is 7.11 Å². The first kappa shape index (κ1) is 11.4. The zero-order valence-corrected chi connectivity index (χ0v) is 9.94. The van der Waals surface area contributed by atoms with Gasteiger partial charge in [0.25, 0.3) is 0 Å². The molecule has 2 unspecified atom stereocenters. The summed E-state index contributed by atoms with van der Waals surface area (Å²) < 4.78 is 5.27.